The van der Waals surface area contributed by atoms with Crippen LogP contribution >= 0.6 is 23.5 Å². The van der Waals surface area contributed by atoms with Crippen LogP contribution in [0.4, 0.5) is 0 Å². The van der Waals surface area contributed by atoms with E-state index in [1.165, 1.54) is 11.8 Å². The summed E-state index contributed by atoms with van der Waals surface area (Å²) in [6.07, 6.45) is 0.826. The maximum Gasteiger partial charge on any atom is 0.316 e. The minimum absolute atomic E-state index is 0.0151. The minimum Gasteiger partial charge on any atom is -0.465 e. The SMILES string of the molecule is CCOC(=O)CSc1nc2c(c(=O)n1CC)SCC2. The predicted octanol–water partition coefficient (Wildman–Crippen LogP) is 1.57. The maximum absolute atomic E-state index is 12.3. The predicted molar refractivity (Wildman–Crippen MR) is 76.0 cm³/mol. The number of nitrogens with zero attached hydrogens (tertiary/aromatic N) is 2. The second kappa shape index (κ2) is 6.47. The lowest BCUT2D eigenvalue weighted by atomic mass is 10.3. The molecule has 0 radical (unpaired) electrons. The number of fused-ring (bicyclic) bond motifs is 1. The van der Waals surface area contributed by atoms with Crippen LogP contribution in [0.15, 0.2) is 14.8 Å². The lowest BCUT2D eigenvalue weighted by molar-refractivity contribution is -0.139. The highest BCUT2D eigenvalue weighted by atomic mass is 32.2. The van der Waals surface area contributed by atoms with Crippen molar-refractivity contribution in [2.75, 3.05) is 18.1 Å². The zero-order chi connectivity index (χ0) is 13.8. The number of aryl methyl sites for hydroxylation is 1. The van der Waals surface area contributed by atoms with E-state index >= 15 is 0 Å². The first-order valence-corrected chi connectivity index (χ1v) is 8.19. The first-order chi connectivity index (χ1) is 9.17. The molecule has 1 aliphatic heterocycles. The van der Waals surface area contributed by atoms with Gasteiger partial charge in [-0.05, 0) is 13.8 Å². The molecule has 0 saturated heterocycles. The summed E-state index contributed by atoms with van der Waals surface area (Å²) in [5.74, 6) is 0.818. The lowest BCUT2D eigenvalue weighted by Crippen LogP contribution is -2.25. The molecular formula is C12H16N2O3S2. The number of rotatable bonds is 5. The topological polar surface area (TPSA) is 61.2 Å². The van der Waals surface area contributed by atoms with Crippen LogP contribution in [-0.4, -0.2) is 33.6 Å². The van der Waals surface area contributed by atoms with E-state index in [9.17, 15) is 9.59 Å². The number of carbonyl (C=O) groups is 1. The second-order valence-corrected chi connectivity index (χ2v) is 5.96. The van der Waals surface area contributed by atoms with Crippen molar-refractivity contribution in [3.05, 3.63) is 16.0 Å². The molecule has 0 aromatic carbocycles. The van der Waals surface area contributed by atoms with Crippen molar-refractivity contribution < 1.29 is 9.53 Å². The molecule has 5 nitrogen and oxygen atoms in total. The highest BCUT2D eigenvalue weighted by molar-refractivity contribution is 8.00. The van der Waals surface area contributed by atoms with Gasteiger partial charge in [-0.1, -0.05) is 11.8 Å². The van der Waals surface area contributed by atoms with Crippen LogP contribution < -0.4 is 5.56 Å². The van der Waals surface area contributed by atoms with Gasteiger partial charge in [0, 0.05) is 18.7 Å². The summed E-state index contributed by atoms with van der Waals surface area (Å²) in [4.78, 5) is 28.9. The fourth-order valence-corrected chi connectivity index (χ4v) is 3.76. The van der Waals surface area contributed by atoms with Gasteiger partial charge in [0.15, 0.2) is 5.16 Å². The minimum atomic E-state index is -0.278. The molecule has 19 heavy (non-hydrogen) atoms. The van der Waals surface area contributed by atoms with E-state index in [1.807, 2.05) is 6.92 Å². The van der Waals surface area contributed by atoms with Crippen molar-refractivity contribution in [3.8, 4) is 0 Å². The maximum atomic E-state index is 12.3. The van der Waals surface area contributed by atoms with Crippen molar-refractivity contribution in [2.45, 2.75) is 36.9 Å². The molecule has 0 aliphatic carbocycles. The summed E-state index contributed by atoms with van der Waals surface area (Å²) < 4.78 is 6.51. The Morgan fingerprint density at radius 1 is 1.53 bits per heavy atom. The quantitative estimate of drug-likeness (QED) is 0.467. The van der Waals surface area contributed by atoms with Gasteiger partial charge in [0.2, 0.25) is 0 Å². The zero-order valence-corrected chi connectivity index (χ0v) is 12.6. The third-order valence-electron chi connectivity index (χ3n) is 2.69. The van der Waals surface area contributed by atoms with Crippen molar-refractivity contribution in [1.29, 1.82) is 0 Å². The van der Waals surface area contributed by atoms with Gasteiger partial charge in [-0.25, -0.2) is 4.98 Å². The largest absolute Gasteiger partial charge is 0.465 e. The van der Waals surface area contributed by atoms with Crippen LogP contribution in [0.1, 0.15) is 19.5 Å². The second-order valence-electron chi connectivity index (χ2n) is 3.91. The van der Waals surface area contributed by atoms with Gasteiger partial charge in [0.25, 0.3) is 5.56 Å². The molecule has 0 saturated carbocycles. The van der Waals surface area contributed by atoms with E-state index in [-0.39, 0.29) is 17.3 Å². The average Bonchev–Trinajstić information content (AvgIpc) is 2.85. The van der Waals surface area contributed by atoms with Crippen LogP contribution in [0.25, 0.3) is 0 Å². The molecule has 0 atom stereocenters. The van der Waals surface area contributed by atoms with E-state index < -0.39 is 0 Å². The van der Waals surface area contributed by atoms with Crippen LogP contribution in [0.5, 0.6) is 0 Å². The molecule has 104 valence electrons. The molecule has 0 spiro atoms. The monoisotopic (exact) mass is 300 g/mol. The molecule has 1 aliphatic rings. The van der Waals surface area contributed by atoms with Gasteiger partial charge in [-0.2, -0.15) is 0 Å². The molecule has 7 heteroatoms. The van der Waals surface area contributed by atoms with Gasteiger partial charge in [-0.15, -0.1) is 11.8 Å². The van der Waals surface area contributed by atoms with Gasteiger partial charge in [0.1, 0.15) is 0 Å². The Kier molecular flexibility index (Phi) is 4.93. The summed E-state index contributed by atoms with van der Waals surface area (Å²) in [5.41, 5.74) is 0.882. The number of hydrogen-bond donors (Lipinski definition) is 0. The lowest BCUT2D eigenvalue weighted by Gasteiger charge is -2.11. The molecule has 0 amide bonds. The van der Waals surface area contributed by atoms with Crippen LogP contribution in [-0.2, 0) is 22.5 Å². The normalized spacial score (nSPS) is 13.4. The summed E-state index contributed by atoms with van der Waals surface area (Å²) in [6.45, 7) is 4.61. The van der Waals surface area contributed by atoms with Crippen LogP contribution in [0.2, 0.25) is 0 Å². The Morgan fingerprint density at radius 3 is 3.00 bits per heavy atom. The van der Waals surface area contributed by atoms with Crippen LogP contribution in [0.3, 0.4) is 0 Å². The summed E-state index contributed by atoms with van der Waals surface area (Å²) >= 11 is 2.84. The Balaban J connectivity index is 2.23. The van der Waals surface area contributed by atoms with E-state index in [4.69, 9.17) is 4.74 Å². The van der Waals surface area contributed by atoms with Crippen molar-refractivity contribution >= 4 is 29.5 Å². The Labute approximate surface area is 120 Å². The first kappa shape index (κ1) is 14.5. The molecule has 0 bridgehead atoms. The van der Waals surface area contributed by atoms with Gasteiger partial charge in [-0.3, -0.25) is 14.2 Å². The van der Waals surface area contributed by atoms with E-state index in [0.29, 0.717) is 18.3 Å². The third-order valence-corrected chi connectivity index (χ3v) is 4.75. The molecule has 1 aromatic rings. The van der Waals surface area contributed by atoms with E-state index in [0.717, 1.165) is 22.8 Å². The molecule has 1 aromatic heterocycles. The molecule has 2 heterocycles. The fourth-order valence-electron chi connectivity index (χ4n) is 1.84. The number of ether oxygens (including phenoxy) is 1. The summed E-state index contributed by atoms with van der Waals surface area (Å²) in [7, 11) is 0. The number of thioether (sulfide) groups is 2. The fraction of sp³-hybridized carbons (Fsp3) is 0.583. The van der Waals surface area contributed by atoms with E-state index in [1.54, 1.807) is 23.3 Å². The highest BCUT2D eigenvalue weighted by Gasteiger charge is 2.21. The van der Waals surface area contributed by atoms with Crippen molar-refractivity contribution in [2.24, 2.45) is 0 Å². The van der Waals surface area contributed by atoms with Gasteiger partial charge < -0.3 is 4.74 Å². The Morgan fingerprint density at radius 2 is 2.32 bits per heavy atom. The third kappa shape index (κ3) is 3.14. The number of aromatic nitrogens is 2. The molecular weight excluding hydrogens is 284 g/mol. The smallest absolute Gasteiger partial charge is 0.316 e. The number of hydrogen-bond acceptors (Lipinski definition) is 6. The Hall–Kier alpha value is -0.950. The Bertz CT molecular complexity index is 543. The van der Waals surface area contributed by atoms with Crippen LogP contribution in [0, 0.1) is 0 Å². The van der Waals surface area contributed by atoms with Gasteiger partial charge in [0.05, 0.1) is 22.9 Å². The van der Waals surface area contributed by atoms with Gasteiger partial charge >= 0.3 is 5.97 Å². The molecule has 0 N–H and O–H groups in total. The van der Waals surface area contributed by atoms with Crippen molar-refractivity contribution in [3.63, 3.8) is 0 Å². The van der Waals surface area contributed by atoms with Crippen molar-refractivity contribution in [1.82, 2.24) is 9.55 Å². The standard InChI is InChI=1S/C12H16N2O3S2/c1-3-14-11(16)10-8(5-6-18-10)13-12(14)19-7-9(15)17-4-2/h3-7H2,1-2H3. The number of carbonyl (C=O) groups excluding carboxylic acids is 1. The molecule has 2 rings (SSSR count). The summed E-state index contributed by atoms with van der Waals surface area (Å²) in [5, 5.41) is 0.613. The summed E-state index contributed by atoms with van der Waals surface area (Å²) in [6, 6.07) is 0. The zero-order valence-electron chi connectivity index (χ0n) is 11.0. The molecule has 0 unspecified atom stereocenters. The highest BCUT2D eigenvalue weighted by Crippen LogP contribution is 2.28. The molecule has 0 fully saturated rings. The average molecular weight is 300 g/mol. The number of esters is 1. The first-order valence-electron chi connectivity index (χ1n) is 6.22. The van der Waals surface area contributed by atoms with E-state index in [2.05, 4.69) is 4.98 Å².